The number of hydrogen-bond donors (Lipinski definition) is 1. The lowest BCUT2D eigenvalue weighted by Crippen LogP contribution is -2.46. The minimum Gasteiger partial charge on any atom is -0.353 e. The molecule has 2 aliphatic rings. The Hall–Kier alpha value is -2.93. The van der Waals surface area contributed by atoms with Crippen molar-refractivity contribution >= 4 is 5.82 Å². The highest BCUT2D eigenvalue weighted by atomic mass is 16.1. The Labute approximate surface area is 176 Å². The number of benzene rings is 1. The van der Waals surface area contributed by atoms with Crippen molar-refractivity contribution in [1.29, 1.82) is 0 Å². The van der Waals surface area contributed by atoms with Crippen molar-refractivity contribution in [2.75, 3.05) is 31.1 Å². The van der Waals surface area contributed by atoms with Gasteiger partial charge in [0.15, 0.2) is 0 Å². The van der Waals surface area contributed by atoms with Gasteiger partial charge >= 0.3 is 0 Å². The topological polar surface area (TPSA) is 70.1 Å². The summed E-state index contributed by atoms with van der Waals surface area (Å²) in [6, 6.07) is 13.5. The predicted octanol–water partition coefficient (Wildman–Crippen LogP) is 2.22. The number of aromatic amines is 1. The SMILES string of the molecule is O=c1ccc(N2CCN(Cc3n[nH]c4c3CCCC4)CC2)nn1Cc1ccccc1. The Morgan fingerprint density at radius 2 is 1.70 bits per heavy atom. The number of hydrogen-bond acceptors (Lipinski definition) is 5. The van der Waals surface area contributed by atoms with Crippen LogP contribution in [0.5, 0.6) is 0 Å². The van der Waals surface area contributed by atoms with Crippen LogP contribution in [-0.4, -0.2) is 51.1 Å². The van der Waals surface area contributed by atoms with Crippen LogP contribution in [0, 0.1) is 0 Å². The molecule has 30 heavy (non-hydrogen) atoms. The molecular weight excluding hydrogens is 376 g/mol. The molecule has 0 saturated carbocycles. The summed E-state index contributed by atoms with van der Waals surface area (Å²) < 4.78 is 1.56. The van der Waals surface area contributed by atoms with Crippen LogP contribution in [0.4, 0.5) is 5.82 Å². The van der Waals surface area contributed by atoms with Crippen molar-refractivity contribution in [3.63, 3.8) is 0 Å². The monoisotopic (exact) mass is 404 g/mol. The Kier molecular flexibility index (Phi) is 5.36. The maximum absolute atomic E-state index is 12.3. The fraction of sp³-hybridized carbons (Fsp3) is 0.435. The molecule has 0 bridgehead atoms. The maximum atomic E-state index is 12.3. The summed E-state index contributed by atoms with van der Waals surface area (Å²) in [7, 11) is 0. The first-order valence-electron chi connectivity index (χ1n) is 10.9. The number of H-pyrrole nitrogens is 1. The summed E-state index contributed by atoms with van der Waals surface area (Å²) >= 11 is 0. The molecular formula is C23H28N6O. The standard InChI is InChI=1S/C23H28N6O/c30-23-11-10-22(26-29(23)16-18-6-2-1-3-7-18)28-14-12-27(13-15-28)17-21-19-8-4-5-9-20(19)24-25-21/h1-3,6-7,10-11H,4-5,8-9,12-17H2,(H,24,25). The van der Waals surface area contributed by atoms with E-state index in [1.165, 1.54) is 29.8 Å². The number of fused-ring (bicyclic) bond motifs is 1. The molecule has 0 unspecified atom stereocenters. The molecule has 5 rings (SSSR count). The summed E-state index contributed by atoms with van der Waals surface area (Å²) in [5, 5.41) is 12.5. The number of rotatable bonds is 5. The van der Waals surface area contributed by atoms with Gasteiger partial charge in [-0.15, -0.1) is 0 Å². The fourth-order valence-electron chi connectivity index (χ4n) is 4.50. The summed E-state index contributed by atoms with van der Waals surface area (Å²) in [5.74, 6) is 0.877. The highest BCUT2D eigenvalue weighted by Crippen LogP contribution is 2.23. The van der Waals surface area contributed by atoms with Gasteiger partial charge in [-0.2, -0.15) is 10.2 Å². The molecule has 0 amide bonds. The molecule has 1 fully saturated rings. The number of aryl methyl sites for hydroxylation is 1. The summed E-state index contributed by atoms with van der Waals surface area (Å²) in [6.45, 7) is 5.17. The first-order chi connectivity index (χ1) is 14.8. The minimum absolute atomic E-state index is 0.0652. The summed E-state index contributed by atoms with van der Waals surface area (Å²) in [6.07, 6.45) is 4.85. The molecule has 1 N–H and O–H groups in total. The van der Waals surface area contributed by atoms with E-state index in [4.69, 9.17) is 0 Å². The average Bonchev–Trinajstić information content (AvgIpc) is 3.19. The van der Waals surface area contributed by atoms with E-state index in [9.17, 15) is 4.79 Å². The lowest BCUT2D eigenvalue weighted by atomic mass is 9.96. The van der Waals surface area contributed by atoms with Gasteiger partial charge in [-0.3, -0.25) is 14.8 Å². The first-order valence-corrected chi connectivity index (χ1v) is 10.9. The van der Waals surface area contributed by atoms with Gasteiger partial charge in [-0.25, -0.2) is 4.68 Å². The fourth-order valence-corrected chi connectivity index (χ4v) is 4.50. The largest absolute Gasteiger partial charge is 0.353 e. The molecule has 0 spiro atoms. The zero-order valence-electron chi connectivity index (χ0n) is 17.3. The third-order valence-electron chi connectivity index (χ3n) is 6.24. The molecule has 3 heterocycles. The van der Waals surface area contributed by atoms with Crippen molar-refractivity contribution in [2.24, 2.45) is 0 Å². The normalized spacial score (nSPS) is 17.1. The minimum atomic E-state index is -0.0652. The summed E-state index contributed by atoms with van der Waals surface area (Å²) in [4.78, 5) is 17.0. The molecule has 1 aromatic carbocycles. The van der Waals surface area contributed by atoms with Crippen LogP contribution >= 0.6 is 0 Å². The smallest absolute Gasteiger partial charge is 0.267 e. The van der Waals surface area contributed by atoms with E-state index in [2.05, 4.69) is 25.1 Å². The van der Waals surface area contributed by atoms with Crippen LogP contribution in [0.3, 0.4) is 0 Å². The Bertz CT molecular complexity index is 1050. The van der Waals surface area contributed by atoms with Gasteiger partial charge < -0.3 is 4.90 Å². The van der Waals surface area contributed by atoms with E-state index in [1.54, 1.807) is 10.7 Å². The Morgan fingerprint density at radius 1 is 0.900 bits per heavy atom. The second-order valence-electron chi connectivity index (χ2n) is 8.27. The van der Waals surface area contributed by atoms with E-state index < -0.39 is 0 Å². The van der Waals surface area contributed by atoms with Crippen LogP contribution in [0.1, 0.15) is 35.4 Å². The van der Waals surface area contributed by atoms with Crippen LogP contribution in [0.2, 0.25) is 0 Å². The molecule has 3 aromatic rings. The van der Waals surface area contributed by atoms with Crippen molar-refractivity contribution < 1.29 is 0 Å². The third-order valence-corrected chi connectivity index (χ3v) is 6.24. The first kappa shape index (κ1) is 19.1. The highest BCUT2D eigenvalue weighted by molar-refractivity contribution is 5.37. The molecule has 2 aromatic heterocycles. The van der Waals surface area contributed by atoms with Crippen LogP contribution in [0.15, 0.2) is 47.3 Å². The van der Waals surface area contributed by atoms with Crippen LogP contribution in [0.25, 0.3) is 0 Å². The second-order valence-corrected chi connectivity index (χ2v) is 8.27. The van der Waals surface area contributed by atoms with Crippen LogP contribution < -0.4 is 10.5 Å². The number of anilines is 1. The zero-order valence-corrected chi connectivity index (χ0v) is 17.3. The van der Waals surface area contributed by atoms with Gasteiger partial charge in [0.1, 0.15) is 5.82 Å². The molecule has 1 saturated heterocycles. The molecule has 7 nitrogen and oxygen atoms in total. The maximum Gasteiger partial charge on any atom is 0.267 e. The predicted molar refractivity (Wildman–Crippen MR) is 117 cm³/mol. The molecule has 0 radical (unpaired) electrons. The van der Waals surface area contributed by atoms with Crippen molar-refractivity contribution in [3.8, 4) is 0 Å². The quantitative estimate of drug-likeness (QED) is 0.706. The van der Waals surface area contributed by atoms with E-state index in [-0.39, 0.29) is 5.56 Å². The van der Waals surface area contributed by atoms with Gasteiger partial charge in [0, 0.05) is 44.5 Å². The zero-order chi connectivity index (χ0) is 20.3. The number of nitrogens with one attached hydrogen (secondary N) is 1. The van der Waals surface area contributed by atoms with Gasteiger partial charge in [-0.1, -0.05) is 30.3 Å². The number of piperazine rings is 1. The van der Waals surface area contributed by atoms with Crippen molar-refractivity contribution in [1.82, 2.24) is 24.9 Å². The number of nitrogens with zero attached hydrogens (tertiary/aromatic N) is 5. The third kappa shape index (κ3) is 4.03. The van der Waals surface area contributed by atoms with E-state index in [1.807, 2.05) is 36.4 Å². The molecule has 0 atom stereocenters. The average molecular weight is 405 g/mol. The van der Waals surface area contributed by atoms with Gasteiger partial charge in [0.2, 0.25) is 0 Å². The van der Waals surface area contributed by atoms with E-state index >= 15 is 0 Å². The molecule has 1 aliphatic carbocycles. The molecule has 156 valence electrons. The highest BCUT2D eigenvalue weighted by Gasteiger charge is 2.22. The second kappa shape index (κ2) is 8.44. The molecule has 1 aliphatic heterocycles. The lowest BCUT2D eigenvalue weighted by molar-refractivity contribution is 0.245. The van der Waals surface area contributed by atoms with Crippen molar-refractivity contribution in [2.45, 2.75) is 38.8 Å². The number of aromatic nitrogens is 4. The summed E-state index contributed by atoms with van der Waals surface area (Å²) in [5.41, 5.74) is 5.05. The van der Waals surface area contributed by atoms with Gasteiger partial charge in [0.25, 0.3) is 5.56 Å². The van der Waals surface area contributed by atoms with E-state index in [0.29, 0.717) is 6.54 Å². The van der Waals surface area contributed by atoms with Crippen molar-refractivity contribution in [3.05, 3.63) is 75.3 Å². The van der Waals surface area contributed by atoms with E-state index in [0.717, 1.165) is 56.9 Å². The Balaban J connectivity index is 1.23. The van der Waals surface area contributed by atoms with Crippen LogP contribution in [-0.2, 0) is 25.9 Å². The molecule has 7 heteroatoms. The lowest BCUT2D eigenvalue weighted by Gasteiger charge is -2.35. The van der Waals surface area contributed by atoms with Gasteiger partial charge in [-0.05, 0) is 42.9 Å². The van der Waals surface area contributed by atoms with Gasteiger partial charge in [0.05, 0.1) is 12.2 Å². The Morgan fingerprint density at radius 3 is 2.53 bits per heavy atom.